The number of aromatic nitrogens is 4. The summed E-state index contributed by atoms with van der Waals surface area (Å²) in [6, 6.07) is 10.2. The summed E-state index contributed by atoms with van der Waals surface area (Å²) in [5.41, 5.74) is -8.44. The van der Waals surface area contributed by atoms with Gasteiger partial charge in [-0.15, -0.1) is 0 Å². The maximum absolute atomic E-state index is 14.3. The van der Waals surface area contributed by atoms with Crippen LogP contribution in [0.5, 0.6) is 0 Å². The van der Waals surface area contributed by atoms with Crippen LogP contribution >= 0.6 is 40.9 Å². The molecule has 8 bridgehead atoms. The Labute approximate surface area is 391 Å². The van der Waals surface area contributed by atoms with E-state index in [1.54, 1.807) is 0 Å². The minimum atomic E-state index is -10.5. The smallest absolute Gasteiger partial charge is 0.310 e. The Morgan fingerprint density at radius 3 is 0.639 bits per heavy atom. The molecule has 0 saturated heterocycles. The molecule has 2 aliphatic heterocycles. The highest BCUT2D eigenvalue weighted by atomic mass is 32.5. The number of nitrogens with zero attached hydrogens (tertiary/aromatic N) is 2. The van der Waals surface area contributed by atoms with Crippen molar-refractivity contribution in [2.75, 3.05) is 0 Å². The van der Waals surface area contributed by atoms with Gasteiger partial charge in [0.25, 0.3) is 0 Å². The van der Waals surface area contributed by atoms with E-state index in [-0.39, 0.29) is 48.5 Å². The van der Waals surface area contributed by atoms with Crippen LogP contribution in [0.3, 0.4) is 0 Å². The van der Waals surface area contributed by atoms with E-state index in [1.165, 1.54) is 0 Å². The molecule has 0 spiro atoms. The summed E-state index contributed by atoms with van der Waals surface area (Å²) < 4.78 is 287. The van der Waals surface area contributed by atoms with E-state index in [1.807, 2.05) is 0 Å². The average Bonchev–Trinajstić information content (AvgIpc) is 4.06. The Bertz CT molecular complexity index is 3310. The van der Waals surface area contributed by atoms with E-state index in [2.05, 4.69) is 19.9 Å². The first-order valence-electron chi connectivity index (χ1n) is 19.7. The number of aromatic amines is 2. The lowest BCUT2D eigenvalue weighted by Gasteiger charge is -2.40. The molecule has 4 aromatic carbocycles. The lowest BCUT2D eigenvalue weighted by molar-refractivity contribution is 0.360. The van der Waals surface area contributed by atoms with Crippen LogP contribution in [0.15, 0.2) is 141 Å². The quantitative estimate of drug-likeness (QED) is 0.149. The van der Waals surface area contributed by atoms with Crippen LogP contribution in [-0.2, 0) is 0 Å². The van der Waals surface area contributed by atoms with Crippen molar-refractivity contribution in [3.63, 3.8) is 0 Å². The molecule has 28 heteroatoms. The van der Waals surface area contributed by atoms with Crippen LogP contribution in [0.1, 0.15) is 22.8 Å². The monoisotopic (exact) mass is 1120 g/mol. The van der Waals surface area contributed by atoms with Crippen molar-refractivity contribution < 1.29 is 77.7 Å². The lowest BCUT2D eigenvalue weighted by Crippen LogP contribution is -2.06. The van der Waals surface area contributed by atoms with Crippen molar-refractivity contribution in [3.05, 3.63) is 144 Å². The highest BCUT2D eigenvalue weighted by Crippen LogP contribution is 3.04. The predicted octanol–water partition coefficient (Wildman–Crippen LogP) is 22.0. The molecule has 0 radical (unpaired) electrons. The lowest BCUT2D eigenvalue weighted by atomic mass is 10.0. The summed E-state index contributed by atoms with van der Waals surface area (Å²) in [6.07, 6.45) is 4.02. The summed E-state index contributed by atoms with van der Waals surface area (Å²) in [4.78, 5) is 4.42. The second-order valence-electron chi connectivity index (χ2n) is 16.5. The zero-order valence-electron chi connectivity index (χ0n) is 34.9. The van der Waals surface area contributed by atoms with Crippen LogP contribution in [0.4, 0.5) is 77.7 Å². The Balaban J connectivity index is 1.50. The van der Waals surface area contributed by atoms with Gasteiger partial charge in [0.2, 0.25) is 0 Å². The minimum absolute atomic E-state index is 0.0145. The molecule has 0 atom stereocenters. The van der Waals surface area contributed by atoms with Gasteiger partial charge >= 0.3 is 40.9 Å². The Morgan fingerprint density at radius 2 is 0.458 bits per heavy atom. The molecule has 3 aromatic heterocycles. The molecular weight excluding hydrogens is 1090 g/mol. The molecule has 72 heavy (non-hydrogen) atoms. The summed E-state index contributed by atoms with van der Waals surface area (Å²) in [7, 11) is -42.1. The van der Waals surface area contributed by atoms with Gasteiger partial charge < -0.3 is 9.97 Å². The number of H-pyrrole nitrogens is 2. The third kappa shape index (κ3) is 9.99. The maximum Gasteiger partial charge on any atom is 0.310 e. The Hall–Kier alpha value is -6.52. The number of benzene rings is 4. The second kappa shape index (κ2) is 13.0. The first kappa shape index (κ1) is 50.4. The van der Waals surface area contributed by atoms with Crippen molar-refractivity contribution in [3.8, 4) is 44.5 Å². The molecule has 5 heterocycles. The molecule has 0 aliphatic carbocycles. The Morgan fingerprint density at radius 1 is 0.264 bits per heavy atom. The van der Waals surface area contributed by atoms with Crippen molar-refractivity contribution in [1.29, 1.82) is 0 Å². The third-order valence-corrected chi connectivity index (χ3v) is 15.6. The van der Waals surface area contributed by atoms with Crippen molar-refractivity contribution in [2.45, 2.75) is 19.6 Å². The molecule has 4 nitrogen and oxygen atoms in total. The molecule has 0 saturated carbocycles. The van der Waals surface area contributed by atoms with Crippen molar-refractivity contribution in [1.82, 2.24) is 19.9 Å². The predicted molar refractivity (Wildman–Crippen MR) is 246 cm³/mol. The van der Waals surface area contributed by atoms with Crippen molar-refractivity contribution in [2.24, 2.45) is 0 Å². The first-order valence-corrected chi connectivity index (χ1v) is 27.5. The summed E-state index contributed by atoms with van der Waals surface area (Å²) >= 11 is 0. The SMILES string of the molecule is FS(F)(F)(F)(F)c1cccc(-c2c3nc(c(-c4cccc(S(F)(F)(F)(F)F)c4)c4ccc([nH]4)c(-c4cccc(S(F)(F)(F)(F)F)c4)c4nc(c(-c5cccc(S(F)(F)(F)(F)F)c5)c5ccc2[nH]5)C=C4)C=C3)c1. The molecule has 9 rings (SSSR count). The van der Waals surface area contributed by atoms with Gasteiger partial charge in [-0.1, -0.05) is 126 Å². The molecule has 0 amide bonds. The van der Waals surface area contributed by atoms with E-state index >= 15 is 0 Å². The topological polar surface area (TPSA) is 57.4 Å². The van der Waals surface area contributed by atoms with Gasteiger partial charge in [0.15, 0.2) is 0 Å². The number of halogens is 20. The second-order valence-corrected chi connectivity index (χ2v) is 26.1. The van der Waals surface area contributed by atoms with Crippen LogP contribution in [0, 0.1) is 0 Å². The van der Waals surface area contributed by atoms with E-state index in [0.717, 1.165) is 72.8 Å². The highest BCUT2D eigenvalue weighted by molar-refractivity contribution is 8.46. The fourth-order valence-electron chi connectivity index (χ4n) is 7.99. The normalized spacial score (nSPS) is 17.4. The number of fused-ring (bicyclic) bond motifs is 8. The third-order valence-electron chi connectivity index (χ3n) is 11.0. The van der Waals surface area contributed by atoms with Crippen LogP contribution in [-0.4, -0.2) is 19.9 Å². The highest BCUT2D eigenvalue weighted by Gasteiger charge is 2.68. The summed E-state index contributed by atoms with van der Waals surface area (Å²) in [5, 5.41) is 0. The van der Waals surface area contributed by atoms with E-state index in [9.17, 15) is 77.7 Å². The van der Waals surface area contributed by atoms with E-state index in [0.29, 0.717) is 24.3 Å². The first-order chi connectivity index (χ1) is 32.2. The van der Waals surface area contributed by atoms with Gasteiger partial charge in [-0.2, -0.15) is 0 Å². The number of hydrogen-bond donors (Lipinski definition) is 2. The zero-order chi connectivity index (χ0) is 53.0. The average molecular weight is 1120 g/mol. The van der Waals surface area contributed by atoms with Gasteiger partial charge in [-0.25, -0.2) is 9.97 Å². The van der Waals surface area contributed by atoms with Crippen molar-refractivity contribution >= 4 is 87.3 Å². The molecule has 7 aromatic rings. The van der Waals surface area contributed by atoms with Gasteiger partial charge in [0, 0.05) is 44.3 Å². The number of nitrogens with one attached hydrogen (secondary N) is 2. The fraction of sp³-hybridized carbons (Fsp3) is 0. The fourth-order valence-corrected chi connectivity index (χ4v) is 10.7. The molecule has 2 aliphatic rings. The number of hydrogen-bond acceptors (Lipinski definition) is 2. The van der Waals surface area contributed by atoms with Gasteiger partial charge in [0.05, 0.1) is 22.8 Å². The largest absolute Gasteiger partial charge is 0.354 e. The zero-order valence-corrected chi connectivity index (χ0v) is 38.2. The van der Waals surface area contributed by atoms with Crippen LogP contribution < -0.4 is 0 Å². The van der Waals surface area contributed by atoms with Gasteiger partial charge in [-0.3, -0.25) is 0 Å². The standard InChI is InChI=1S/C44H26F20N4S4/c45-69(46,47,48,49)29-9-1-5-25(21-29)41-33-13-15-35(65-33)42(26-6-2-10-30(22-26)70(50,51,52,53)54)37-17-19-39(67-37)44(28-8-4-12-32(24-28)72(60,61,62,63)64)40-20-18-38(68-40)43(36-16-14-34(41)66-36)27-7-3-11-31(23-27)71(55,56,57,58)59/h1-24,65,68H. The van der Waals surface area contributed by atoms with E-state index < -0.39 is 150 Å². The molecule has 386 valence electrons. The molecular formula is C44H26F20N4S4. The van der Waals surface area contributed by atoms with Gasteiger partial charge in [0.1, 0.15) is 19.6 Å². The van der Waals surface area contributed by atoms with Crippen LogP contribution in [0.25, 0.3) is 90.9 Å². The van der Waals surface area contributed by atoms with Crippen LogP contribution in [0.2, 0.25) is 0 Å². The summed E-state index contributed by atoms with van der Waals surface area (Å²) in [6.45, 7) is 0. The molecule has 2 N–H and O–H groups in total. The minimum Gasteiger partial charge on any atom is -0.354 e. The van der Waals surface area contributed by atoms with Gasteiger partial charge in [-0.05, 0) is 119 Å². The van der Waals surface area contributed by atoms with E-state index in [4.69, 9.17) is 0 Å². The Kier molecular flexibility index (Phi) is 9.09. The maximum atomic E-state index is 14.3. The number of rotatable bonds is 8. The molecule has 0 fully saturated rings. The molecule has 0 unspecified atom stereocenters. The summed E-state index contributed by atoms with van der Waals surface area (Å²) in [5.74, 6) is 0.